The van der Waals surface area contributed by atoms with Gasteiger partial charge in [0, 0.05) is 13.1 Å². The number of nitrogens with one attached hydrogen (secondary N) is 1. The van der Waals surface area contributed by atoms with Crippen LogP contribution in [0.1, 0.15) is 31.9 Å². The number of methoxy groups -OCH3 is 1. The van der Waals surface area contributed by atoms with Crippen LogP contribution < -0.4 is 14.4 Å². The molecule has 2 rings (SSSR count). The highest BCUT2D eigenvalue weighted by molar-refractivity contribution is 7.92. The van der Waals surface area contributed by atoms with E-state index in [0.717, 1.165) is 21.7 Å². The molecule has 0 aromatic heterocycles. The van der Waals surface area contributed by atoms with Gasteiger partial charge < -0.3 is 15.0 Å². The number of hydrogen-bond acceptors (Lipinski definition) is 5. The number of carbonyl (C=O) groups excluding carboxylic acids is 2. The third-order valence-corrected chi connectivity index (χ3v) is 6.47. The predicted molar refractivity (Wildman–Crippen MR) is 134 cm³/mol. The molecule has 1 N–H and O–H groups in total. The van der Waals surface area contributed by atoms with Crippen molar-refractivity contribution in [3.05, 3.63) is 59.7 Å². The summed E-state index contributed by atoms with van der Waals surface area (Å²) < 4.78 is 31.4. The number of benzene rings is 2. The van der Waals surface area contributed by atoms with E-state index in [9.17, 15) is 18.0 Å². The van der Waals surface area contributed by atoms with E-state index < -0.39 is 28.5 Å². The largest absolute Gasteiger partial charge is 0.497 e. The van der Waals surface area contributed by atoms with E-state index in [2.05, 4.69) is 5.32 Å². The molecule has 0 aliphatic heterocycles. The maximum absolute atomic E-state index is 13.5. The van der Waals surface area contributed by atoms with E-state index in [4.69, 9.17) is 4.74 Å². The summed E-state index contributed by atoms with van der Waals surface area (Å²) in [6.07, 6.45) is 1.06. The normalized spacial score (nSPS) is 12.2. The number of ether oxygens (including phenoxy) is 1. The number of sulfonamides is 1. The van der Waals surface area contributed by atoms with Crippen molar-refractivity contribution in [2.24, 2.45) is 5.92 Å². The molecule has 0 fully saturated rings. The van der Waals surface area contributed by atoms with Crippen molar-refractivity contribution in [2.45, 2.75) is 40.3 Å². The highest BCUT2D eigenvalue weighted by Crippen LogP contribution is 2.21. The van der Waals surface area contributed by atoms with E-state index in [1.165, 1.54) is 4.90 Å². The summed E-state index contributed by atoms with van der Waals surface area (Å²) in [5, 5.41) is 2.86. The van der Waals surface area contributed by atoms with Gasteiger partial charge in [-0.1, -0.05) is 38.1 Å². The van der Waals surface area contributed by atoms with Crippen LogP contribution in [0, 0.1) is 12.8 Å². The molecule has 0 spiro atoms. The van der Waals surface area contributed by atoms with Crippen LogP contribution in [0.15, 0.2) is 48.5 Å². The summed E-state index contributed by atoms with van der Waals surface area (Å²) in [6.45, 7) is 7.67. The first-order chi connectivity index (χ1) is 15.9. The summed E-state index contributed by atoms with van der Waals surface area (Å²) in [5.41, 5.74) is 2.06. The monoisotopic (exact) mass is 489 g/mol. The minimum absolute atomic E-state index is 0.143. The van der Waals surface area contributed by atoms with Crippen LogP contribution in [0.25, 0.3) is 0 Å². The van der Waals surface area contributed by atoms with E-state index in [1.807, 2.05) is 39.0 Å². The molecule has 1 unspecified atom stereocenters. The topological polar surface area (TPSA) is 96.0 Å². The third kappa shape index (κ3) is 7.76. The molecule has 0 bridgehead atoms. The molecule has 0 heterocycles. The van der Waals surface area contributed by atoms with E-state index in [1.54, 1.807) is 44.4 Å². The van der Waals surface area contributed by atoms with Crippen molar-refractivity contribution >= 4 is 27.5 Å². The molecular weight excluding hydrogens is 454 g/mol. The number of nitrogens with zero attached hydrogens (tertiary/aromatic N) is 2. The third-order valence-electron chi connectivity index (χ3n) is 5.33. The Hall–Kier alpha value is -3.07. The first kappa shape index (κ1) is 27.2. The Kier molecular flexibility index (Phi) is 9.49. The Morgan fingerprint density at radius 1 is 1.06 bits per heavy atom. The molecule has 0 aliphatic rings. The Labute approximate surface area is 202 Å². The van der Waals surface area contributed by atoms with Gasteiger partial charge in [-0.25, -0.2) is 8.42 Å². The van der Waals surface area contributed by atoms with Gasteiger partial charge in [0.25, 0.3) is 0 Å². The van der Waals surface area contributed by atoms with E-state index in [0.29, 0.717) is 18.0 Å². The highest BCUT2D eigenvalue weighted by Gasteiger charge is 2.30. The SMILES string of the molecule is COc1ccc(CN(C(=O)CN(c2cccc(C)c2)S(C)(=O)=O)C(C)C(=O)NCC(C)C)cc1. The summed E-state index contributed by atoms with van der Waals surface area (Å²) in [4.78, 5) is 27.7. The van der Waals surface area contributed by atoms with Gasteiger partial charge in [0.05, 0.1) is 19.1 Å². The van der Waals surface area contributed by atoms with E-state index >= 15 is 0 Å². The number of anilines is 1. The highest BCUT2D eigenvalue weighted by atomic mass is 32.2. The van der Waals surface area contributed by atoms with Crippen molar-refractivity contribution in [2.75, 3.05) is 30.8 Å². The molecule has 2 aromatic rings. The molecule has 0 aliphatic carbocycles. The molecule has 2 aromatic carbocycles. The standard InChI is InChI=1S/C25H35N3O5S/c1-18(2)15-26-25(30)20(4)27(16-21-10-12-23(33-5)13-11-21)24(29)17-28(34(6,31)32)22-9-7-8-19(3)14-22/h7-14,18,20H,15-17H2,1-6H3,(H,26,30). The van der Waals surface area contributed by atoms with Crippen LogP contribution in [0.3, 0.4) is 0 Å². The van der Waals surface area contributed by atoms with Crippen LogP contribution >= 0.6 is 0 Å². The summed E-state index contributed by atoms with van der Waals surface area (Å²) in [5.74, 6) is 0.156. The summed E-state index contributed by atoms with van der Waals surface area (Å²) in [7, 11) is -2.18. The van der Waals surface area contributed by atoms with Gasteiger partial charge >= 0.3 is 0 Å². The first-order valence-corrected chi connectivity index (χ1v) is 13.0. The van der Waals surface area contributed by atoms with Crippen molar-refractivity contribution < 1.29 is 22.7 Å². The average Bonchev–Trinajstić information content (AvgIpc) is 2.78. The zero-order chi connectivity index (χ0) is 25.5. The smallest absolute Gasteiger partial charge is 0.244 e. The zero-order valence-corrected chi connectivity index (χ0v) is 21.6. The Bertz CT molecular complexity index is 1080. The Morgan fingerprint density at radius 2 is 1.71 bits per heavy atom. The fraction of sp³-hybridized carbons (Fsp3) is 0.440. The quantitative estimate of drug-likeness (QED) is 0.524. The lowest BCUT2D eigenvalue weighted by molar-refractivity contribution is -0.139. The van der Waals surface area contributed by atoms with Crippen LogP contribution in [-0.2, 0) is 26.2 Å². The van der Waals surface area contributed by atoms with Crippen LogP contribution in [0.2, 0.25) is 0 Å². The van der Waals surface area contributed by atoms with Crippen LogP contribution in [0.5, 0.6) is 5.75 Å². The maximum atomic E-state index is 13.5. The van der Waals surface area contributed by atoms with Crippen molar-refractivity contribution in [1.82, 2.24) is 10.2 Å². The number of carbonyl (C=O) groups is 2. The van der Waals surface area contributed by atoms with Crippen molar-refractivity contribution in [3.63, 3.8) is 0 Å². The molecule has 34 heavy (non-hydrogen) atoms. The van der Waals surface area contributed by atoms with Crippen molar-refractivity contribution in [1.29, 1.82) is 0 Å². The summed E-state index contributed by atoms with van der Waals surface area (Å²) in [6, 6.07) is 13.3. The molecule has 8 nitrogen and oxygen atoms in total. The number of hydrogen-bond donors (Lipinski definition) is 1. The zero-order valence-electron chi connectivity index (χ0n) is 20.7. The van der Waals surface area contributed by atoms with Gasteiger partial charge in [-0.05, 0) is 55.2 Å². The molecule has 0 radical (unpaired) electrons. The second-order valence-electron chi connectivity index (χ2n) is 8.79. The average molecular weight is 490 g/mol. The molecule has 2 amide bonds. The molecule has 1 atom stereocenters. The maximum Gasteiger partial charge on any atom is 0.244 e. The second-order valence-corrected chi connectivity index (χ2v) is 10.7. The van der Waals surface area contributed by atoms with Gasteiger partial charge in [0.2, 0.25) is 21.8 Å². The molecular formula is C25H35N3O5S. The van der Waals surface area contributed by atoms with Gasteiger partial charge in [-0.2, -0.15) is 0 Å². The Morgan fingerprint density at radius 3 is 2.24 bits per heavy atom. The lowest BCUT2D eigenvalue weighted by atomic mass is 10.1. The lowest BCUT2D eigenvalue weighted by Crippen LogP contribution is -2.51. The van der Waals surface area contributed by atoms with Gasteiger partial charge in [-0.15, -0.1) is 0 Å². The molecule has 9 heteroatoms. The molecule has 186 valence electrons. The fourth-order valence-corrected chi connectivity index (χ4v) is 4.20. The van der Waals surface area contributed by atoms with Gasteiger partial charge in [-0.3, -0.25) is 13.9 Å². The summed E-state index contributed by atoms with van der Waals surface area (Å²) >= 11 is 0. The fourth-order valence-electron chi connectivity index (χ4n) is 3.36. The first-order valence-electron chi connectivity index (χ1n) is 11.2. The van der Waals surface area contributed by atoms with Crippen LogP contribution in [0.4, 0.5) is 5.69 Å². The molecule has 0 saturated carbocycles. The number of rotatable bonds is 11. The second kappa shape index (κ2) is 11.9. The van der Waals surface area contributed by atoms with Crippen molar-refractivity contribution in [3.8, 4) is 5.75 Å². The van der Waals surface area contributed by atoms with Gasteiger partial charge in [0.15, 0.2) is 0 Å². The predicted octanol–water partition coefficient (Wildman–Crippen LogP) is 2.96. The van der Waals surface area contributed by atoms with Gasteiger partial charge in [0.1, 0.15) is 18.3 Å². The number of aryl methyl sites for hydroxylation is 1. The van der Waals surface area contributed by atoms with Crippen LogP contribution in [-0.4, -0.2) is 57.6 Å². The minimum atomic E-state index is -3.74. The Balaban J connectivity index is 2.36. The number of amides is 2. The molecule has 0 saturated heterocycles. The minimum Gasteiger partial charge on any atom is -0.497 e. The lowest BCUT2D eigenvalue weighted by Gasteiger charge is -2.31. The van der Waals surface area contributed by atoms with E-state index in [-0.39, 0.29) is 18.4 Å².